The molecule has 0 aliphatic heterocycles. The van der Waals surface area contributed by atoms with Gasteiger partial charge in [-0.15, -0.1) is 11.8 Å². The third-order valence-electron chi connectivity index (χ3n) is 5.00. The topological polar surface area (TPSA) is 58.2 Å². The zero-order valence-corrected chi connectivity index (χ0v) is 20.5. The van der Waals surface area contributed by atoms with Gasteiger partial charge in [-0.05, 0) is 72.3 Å². The zero-order chi connectivity index (χ0) is 24.8. The standard InChI is InChI=1S/C27H19Cl2FN2O2S/c28-23-15-12-21(16-24(23)29)32-27(34)25(17-4-2-1-3-5-17)35-22-13-10-20(11-14-22)31-26(33)18-6-8-19(30)9-7-18/h1-16,25H,(H,31,33)(H,32,34). The fraction of sp³-hybridized carbons (Fsp3) is 0.0370. The summed E-state index contributed by atoms with van der Waals surface area (Å²) >= 11 is 13.4. The molecule has 0 fully saturated rings. The minimum Gasteiger partial charge on any atom is -0.325 e. The van der Waals surface area contributed by atoms with Gasteiger partial charge in [0, 0.05) is 21.8 Å². The van der Waals surface area contributed by atoms with E-state index < -0.39 is 11.1 Å². The van der Waals surface area contributed by atoms with Crippen LogP contribution in [0, 0.1) is 5.82 Å². The molecule has 0 saturated heterocycles. The Morgan fingerprint density at radius 1 is 0.743 bits per heavy atom. The molecule has 2 N–H and O–H groups in total. The normalized spacial score (nSPS) is 11.5. The van der Waals surface area contributed by atoms with Gasteiger partial charge in [0.15, 0.2) is 0 Å². The molecule has 35 heavy (non-hydrogen) atoms. The fourth-order valence-corrected chi connectivity index (χ4v) is 4.56. The third-order valence-corrected chi connectivity index (χ3v) is 7.01. The molecule has 0 radical (unpaired) electrons. The predicted octanol–water partition coefficient (Wildman–Crippen LogP) is 7.86. The number of carbonyl (C=O) groups is 2. The number of nitrogens with one attached hydrogen (secondary N) is 2. The van der Waals surface area contributed by atoms with Crippen molar-refractivity contribution in [2.24, 2.45) is 0 Å². The summed E-state index contributed by atoms with van der Waals surface area (Å²) < 4.78 is 13.1. The van der Waals surface area contributed by atoms with Gasteiger partial charge in [0.25, 0.3) is 5.91 Å². The Hall–Kier alpha value is -3.32. The molecule has 2 amide bonds. The van der Waals surface area contributed by atoms with Crippen molar-refractivity contribution in [3.8, 4) is 0 Å². The van der Waals surface area contributed by atoms with E-state index in [1.165, 1.54) is 36.0 Å². The van der Waals surface area contributed by atoms with Crippen molar-refractivity contribution >= 4 is 58.2 Å². The van der Waals surface area contributed by atoms with Gasteiger partial charge >= 0.3 is 0 Å². The molecule has 8 heteroatoms. The number of anilines is 2. The van der Waals surface area contributed by atoms with Crippen LogP contribution in [0.3, 0.4) is 0 Å². The Labute approximate surface area is 216 Å². The van der Waals surface area contributed by atoms with Crippen molar-refractivity contribution in [2.75, 3.05) is 10.6 Å². The number of hydrogen-bond acceptors (Lipinski definition) is 3. The highest BCUT2D eigenvalue weighted by atomic mass is 35.5. The molecule has 4 aromatic rings. The average Bonchev–Trinajstić information content (AvgIpc) is 2.86. The molecule has 4 nitrogen and oxygen atoms in total. The lowest BCUT2D eigenvalue weighted by atomic mass is 10.1. The molecule has 0 aliphatic rings. The molecular formula is C27H19Cl2FN2O2S. The summed E-state index contributed by atoms with van der Waals surface area (Å²) in [5.74, 6) is -0.957. The second-order valence-corrected chi connectivity index (χ2v) is 9.51. The first-order chi connectivity index (χ1) is 16.9. The third kappa shape index (κ3) is 6.63. The summed E-state index contributed by atoms with van der Waals surface area (Å²) in [6, 6.07) is 26.8. The molecule has 4 aromatic carbocycles. The second kappa shape index (κ2) is 11.4. The van der Waals surface area contributed by atoms with Gasteiger partial charge in [0.05, 0.1) is 10.0 Å². The van der Waals surface area contributed by atoms with Crippen molar-refractivity contribution in [2.45, 2.75) is 10.1 Å². The van der Waals surface area contributed by atoms with Crippen LogP contribution in [0.1, 0.15) is 21.2 Å². The van der Waals surface area contributed by atoms with Gasteiger partial charge < -0.3 is 10.6 Å². The van der Waals surface area contributed by atoms with E-state index in [9.17, 15) is 14.0 Å². The summed E-state index contributed by atoms with van der Waals surface area (Å²) in [4.78, 5) is 26.4. The van der Waals surface area contributed by atoms with Crippen molar-refractivity contribution in [1.29, 1.82) is 0 Å². The highest BCUT2D eigenvalue weighted by Gasteiger charge is 2.22. The molecule has 1 unspecified atom stereocenters. The van der Waals surface area contributed by atoms with E-state index in [4.69, 9.17) is 23.2 Å². The molecule has 0 bridgehead atoms. The Balaban J connectivity index is 1.48. The van der Waals surface area contributed by atoms with Crippen LogP contribution in [0.15, 0.2) is 102 Å². The molecule has 176 valence electrons. The average molecular weight is 525 g/mol. The second-order valence-electron chi connectivity index (χ2n) is 7.51. The van der Waals surface area contributed by atoms with Gasteiger partial charge in [-0.1, -0.05) is 53.5 Å². The predicted molar refractivity (Wildman–Crippen MR) is 141 cm³/mol. The number of carbonyl (C=O) groups excluding carboxylic acids is 2. The van der Waals surface area contributed by atoms with Crippen LogP contribution in [0.5, 0.6) is 0 Å². The molecular weight excluding hydrogens is 506 g/mol. The number of rotatable bonds is 7. The summed E-state index contributed by atoms with van der Waals surface area (Å²) in [5, 5.41) is 5.91. The fourth-order valence-electron chi connectivity index (χ4n) is 3.24. The monoisotopic (exact) mass is 524 g/mol. The first-order valence-electron chi connectivity index (χ1n) is 10.5. The minimum atomic E-state index is -0.537. The lowest BCUT2D eigenvalue weighted by molar-refractivity contribution is -0.115. The van der Waals surface area contributed by atoms with Crippen molar-refractivity contribution < 1.29 is 14.0 Å². The van der Waals surface area contributed by atoms with Crippen LogP contribution < -0.4 is 10.6 Å². The Morgan fingerprint density at radius 2 is 1.40 bits per heavy atom. The van der Waals surface area contributed by atoms with Crippen LogP contribution in [0.4, 0.5) is 15.8 Å². The quantitative estimate of drug-likeness (QED) is 0.242. The Kier molecular flexibility index (Phi) is 8.08. The van der Waals surface area contributed by atoms with E-state index in [0.29, 0.717) is 27.0 Å². The van der Waals surface area contributed by atoms with Crippen molar-refractivity contribution in [3.63, 3.8) is 0 Å². The molecule has 4 rings (SSSR count). The summed E-state index contributed by atoms with van der Waals surface area (Å²) in [6.07, 6.45) is 0. The molecule has 0 aliphatic carbocycles. The van der Waals surface area contributed by atoms with Crippen LogP contribution >= 0.6 is 35.0 Å². The maximum atomic E-state index is 13.2. The first kappa shape index (κ1) is 24.8. The van der Waals surface area contributed by atoms with E-state index in [2.05, 4.69) is 10.6 Å². The van der Waals surface area contributed by atoms with Crippen LogP contribution in [0.25, 0.3) is 0 Å². The SMILES string of the molecule is O=C(Nc1ccc(SC(C(=O)Nc2ccc(Cl)c(Cl)c2)c2ccccc2)cc1)c1ccc(F)cc1. The minimum absolute atomic E-state index is 0.215. The van der Waals surface area contributed by atoms with Gasteiger partial charge in [-0.2, -0.15) is 0 Å². The van der Waals surface area contributed by atoms with Gasteiger partial charge in [-0.25, -0.2) is 4.39 Å². The number of thioether (sulfide) groups is 1. The van der Waals surface area contributed by atoms with E-state index in [1.54, 1.807) is 30.3 Å². The van der Waals surface area contributed by atoms with Gasteiger partial charge in [-0.3, -0.25) is 9.59 Å². The highest BCUT2D eigenvalue weighted by Crippen LogP contribution is 2.37. The zero-order valence-electron chi connectivity index (χ0n) is 18.2. The first-order valence-corrected chi connectivity index (χ1v) is 12.2. The number of hydrogen-bond donors (Lipinski definition) is 2. The maximum absolute atomic E-state index is 13.2. The van der Waals surface area contributed by atoms with Crippen LogP contribution in [0.2, 0.25) is 10.0 Å². The van der Waals surface area contributed by atoms with E-state index >= 15 is 0 Å². The molecule has 0 aromatic heterocycles. The van der Waals surface area contributed by atoms with E-state index in [1.807, 2.05) is 42.5 Å². The lowest BCUT2D eigenvalue weighted by Gasteiger charge is -2.17. The molecule has 0 saturated carbocycles. The van der Waals surface area contributed by atoms with Crippen molar-refractivity contribution in [3.05, 3.63) is 124 Å². The maximum Gasteiger partial charge on any atom is 0.255 e. The van der Waals surface area contributed by atoms with E-state index in [0.717, 1.165) is 10.5 Å². The summed E-state index contributed by atoms with van der Waals surface area (Å²) in [7, 11) is 0. The Bertz CT molecular complexity index is 1330. The summed E-state index contributed by atoms with van der Waals surface area (Å²) in [5.41, 5.74) is 2.32. The molecule has 0 heterocycles. The molecule has 1 atom stereocenters. The van der Waals surface area contributed by atoms with Crippen molar-refractivity contribution in [1.82, 2.24) is 0 Å². The van der Waals surface area contributed by atoms with E-state index in [-0.39, 0.29) is 11.8 Å². The largest absolute Gasteiger partial charge is 0.325 e. The van der Waals surface area contributed by atoms with Gasteiger partial charge in [0.1, 0.15) is 11.1 Å². The van der Waals surface area contributed by atoms with Gasteiger partial charge in [0.2, 0.25) is 5.91 Å². The number of halogens is 3. The smallest absolute Gasteiger partial charge is 0.255 e. The summed E-state index contributed by atoms with van der Waals surface area (Å²) in [6.45, 7) is 0. The van der Waals surface area contributed by atoms with Crippen LogP contribution in [-0.2, 0) is 4.79 Å². The highest BCUT2D eigenvalue weighted by molar-refractivity contribution is 8.00. The number of amides is 2. The number of benzene rings is 4. The van der Waals surface area contributed by atoms with Crippen LogP contribution in [-0.4, -0.2) is 11.8 Å². The molecule has 0 spiro atoms. The Morgan fingerprint density at radius 3 is 2.06 bits per heavy atom. The lowest BCUT2D eigenvalue weighted by Crippen LogP contribution is -2.19.